The summed E-state index contributed by atoms with van der Waals surface area (Å²) < 4.78 is 27.1. The molecule has 1 aliphatic rings. The quantitative estimate of drug-likeness (QED) is 0.473. The average molecular weight is 449 g/mol. The Hall–Kier alpha value is -4.18. The smallest absolute Gasteiger partial charge is 0.305 e. The van der Waals surface area contributed by atoms with Crippen LogP contribution in [0.25, 0.3) is 6.08 Å². The number of allylic oxidation sites excluding steroid dienone is 1. The molecule has 1 aromatic heterocycles. The Morgan fingerprint density at radius 1 is 1.06 bits per heavy atom. The maximum Gasteiger partial charge on any atom is 0.305 e. The molecule has 0 unspecified atom stereocenters. The minimum absolute atomic E-state index is 0.00290. The maximum absolute atomic E-state index is 13.2. The van der Waals surface area contributed by atoms with Gasteiger partial charge < -0.3 is 10.5 Å². The van der Waals surface area contributed by atoms with E-state index in [2.05, 4.69) is 10.4 Å². The highest BCUT2D eigenvalue weighted by Gasteiger charge is 2.34. The molecular weight excluding hydrogens is 432 g/mol. The van der Waals surface area contributed by atoms with E-state index in [9.17, 15) is 23.3 Å². The van der Waals surface area contributed by atoms with Crippen molar-refractivity contribution < 1.29 is 22.8 Å². The molecule has 32 heavy (non-hydrogen) atoms. The fourth-order valence-corrected chi connectivity index (χ4v) is 4.74. The summed E-state index contributed by atoms with van der Waals surface area (Å²) in [6.45, 7) is 0. The van der Waals surface area contributed by atoms with Crippen LogP contribution in [-0.4, -0.2) is 32.0 Å². The summed E-state index contributed by atoms with van der Waals surface area (Å²) in [6, 6.07) is 14.8. The highest BCUT2D eigenvalue weighted by molar-refractivity contribution is 7.91. The van der Waals surface area contributed by atoms with E-state index in [4.69, 9.17) is 0 Å². The summed E-state index contributed by atoms with van der Waals surface area (Å²) in [5.74, 6) is -0.539. The first kappa shape index (κ1) is 21.1. The van der Waals surface area contributed by atoms with Crippen LogP contribution in [0.1, 0.15) is 21.6 Å². The van der Waals surface area contributed by atoms with Gasteiger partial charge in [0.1, 0.15) is 0 Å². The van der Waals surface area contributed by atoms with Crippen LogP contribution in [0.4, 0.5) is 5.69 Å². The fourth-order valence-electron chi connectivity index (χ4n) is 3.27. The average Bonchev–Trinajstić information content (AvgIpc) is 3.13. The Morgan fingerprint density at radius 3 is 2.56 bits per heavy atom. The van der Waals surface area contributed by atoms with Crippen molar-refractivity contribution in [1.29, 1.82) is 0 Å². The highest BCUT2D eigenvalue weighted by atomic mass is 32.2. The van der Waals surface area contributed by atoms with Crippen LogP contribution in [0, 0.1) is 10.1 Å². The minimum atomic E-state index is -4.09. The van der Waals surface area contributed by atoms with E-state index in [-0.39, 0.29) is 26.8 Å². The largest absolute Gasteiger partial charge is 0.618 e. The van der Waals surface area contributed by atoms with Crippen LogP contribution >= 0.6 is 0 Å². The van der Waals surface area contributed by atoms with Gasteiger partial charge in [-0.15, -0.1) is 0 Å². The van der Waals surface area contributed by atoms with Crippen LogP contribution in [0.2, 0.25) is 0 Å². The SMILES string of the molecule is CNC(=O)c1ccccc1S(=O)(=O)c1ccc2c(c1)[N+](=O)N=C2/C=C/c1cccc[n+]1[O-]. The van der Waals surface area contributed by atoms with Gasteiger partial charge in [-0.2, -0.15) is 4.73 Å². The van der Waals surface area contributed by atoms with Gasteiger partial charge in [-0.3, -0.25) is 4.79 Å². The number of rotatable bonds is 5. The lowest BCUT2D eigenvalue weighted by Gasteiger charge is -2.09. The lowest BCUT2D eigenvalue weighted by Crippen LogP contribution is -2.28. The second-order valence-electron chi connectivity index (χ2n) is 6.80. The highest BCUT2D eigenvalue weighted by Crippen LogP contribution is 2.32. The van der Waals surface area contributed by atoms with Crippen molar-refractivity contribution in [2.75, 3.05) is 7.05 Å². The van der Waals surface area contributed by atoms with Gasteiger partial charge in [0.05, 0.1) is 30.9 Å². The standard InChI is InChI=1S/C22H16N4O5S/c1-23-22(27)18-7-2-3-8-21(18)32(30,31)16-10-11-17-19(24-26(29)20(17)14-16)12-9-15-6-4-5-13-25(15)28/h2-14H,1H3/p+1/b12-9+. The fraction of sp³-hybridized carbons (Fsp3) is 0.0455. The van der Waals surface area contributed by atoms with Crippen molar-refractivity contribution in [2.45, 2.75) is 9.79 Å². The van der Waals surface area contributed by atoms with Gasteiger partial charge in [0.2, 0.25) is 15.5 Å². The van der Waals surface area contributed by atoms with Crippen molar-refractivity contribution in [1.82, 2.24) is 5.32 Å². The number of nitrogens with zero attached hydrogens (tertiary/aromatic N) is 3. The number of pyridine rings is 1. The van der Waals surface area contributed by atoms with Gasteiger partial charge in [0.15, 0.2) is 16.8 Å². The Labute approximate surface area is 183 Å². The molecule has 0 atom stereocenters. The van der Waals surface area contributed by atoms with Gasteiger partial charge in [-0.05, 0) is 36.4 Å². The van der Waals surface area contributed by atoms with E-state index in [0.717, 1.165) is 0 Å². The van der Waals surface area contributed by atoms with Crippen LogP contribution < -0.4 is 10.0 Å². The number of hydrazone groups is 1. The lowest BCUT2D eigenvalue weighted by molar-refractivity contribution is -0.607. The number of nitrogens with one attached hydrogen (secondary N) is 1. The van der Waals surface area contributed by atoms with Gasteiger partial charge in [0, 0.05) is 31.3 Å². The summed E-state index contributed by atoms with van der Waals surface area (Å²) in [6.07, 6.45) is 4.37. The van der Waals surface area contributed by atoms with Crippen molar-refractivity contribution >= 4 is 33.2 Å². The molecule has 1 aliphatic heterocycles. The molecule has 2 aromatic carbocycles. The first-order valence-electron chi connectivity index (χ1n) is 9.45. The zero-order valence-corrected chi connectivity index (χ0v) is 17.6. The van der Waals surface area contributed by atoms with Gasteiger partial charge >= 0.3 is 5.69 Å². The topological polar surface area (TPSA) is 123 Å². The molecule has 1 N–H and O–H groups in total. The number of nitroso groups, excluding NO2 is 1. The van der Waals surface area contributed by atoms with E-state index < -0.39 is 15.7 Å². The third kappa shape index (κ3) is 3.67. The molecule has 0 radical (unpaired) electrons. The Kier molecular flexibility index (Phi) is 5.37. The number of fused-ring (bicyclic) bond motifs is 1. The van der Waals surface area contributed by atoms with Crippen LogP contribution in [-0.2, 0) is 9.84 Å². The number of carbonyl (C=O) groups is 1. The van der Waals surface area contributed by atoms with E-state index in [1.807, 2.05) is 0 Å². The number of hydrogen-bond donors (Lipinski definition) is 1. The predicted molar refractivity (Wildman–Crippen MR) is 116 cm³/mol. The van der Waals surface area contributed by atoms with Crippen LogP contribution in [0.15, 0.2) is 87.8 Å². The molecule has 0 aliphatic carbocycles. The molecule has 0 bridgehead atoms. The maximum atomic E-state index is 13.2. The normalized spacial score (nSPS) is 13.2. The summed E-state index contributed by atoms with van der Waals surface area (Å²) in [4.78, 5) is 24.5. The molecular formula is C22H17N4O5S+. The van der Waals surface area contributed by atoms with E-state index in [0.29, 0.717) is 20.9 Å². The molecule has 0 fully saturated rings. The monoisotopic (exact) mass is 449 g/mol. The molecule has 1 amide bonds. The lowest BCUT2D eigenvalue weighted by atomic mass is 10.1. The summed E-state index contributed by atoms with van der Waals surface area (Å²) >= 11 is 0. The van der Waals surface area contributed by atoms with E-state index in [1.165, 1.54) is 61.8 Å². The predicted octanol–water partition coefficient (Wildman–Crippen LogP) is 2.35. The third-order valence-electron chi connectivity index (χ3n) is 4.87. The molecule has 0 spiro atoms. The van der Waals surface area contributed by atoms with Crippen molar-refractivity contribution in [3.8, 4) is 0 Å². The van der Waals surface area contributed by atoms with Crippen molar-refractivity contribution in [3.63, 3.8) is 0 Å². The zero-order chi connectivity index (χ0) is 22.9. The summed E-state index contributed by atoms with van der Waals surface area (Å²) in [5, 5.41) is 18.1. The van der Waals surface area contributed by atoms with Crippen molar-refractivity contribution in [2.24, 2.45) is 5.10 Å². The second-order valence-corrected chi connectivity index (χ2v) is 8.72. The van der Waals surface area contributed by atoms with Crippen LogP contribution in [0.3, 0.4) is 0 Å². The summed E-state index contributed by atoms with van der Waals surface area (Å²) in [7, 11) is -2.68. The molecule has 2 heterocycles. The first-order chi connectivity index (χ1) is 15.3. The minimum Gasteiger partial charge on any atom is -0.618 e. The Balaban J connectivity index is 1.72. The van der Waals surface area contributed by atoms with Gasteiger partial charge in [-0.25, -0.2) is 8.42 Å². The zero-order valence-electron chi connectivity index (χ0n) is 16.8. The summed E-state index contributed by atoms with van der Waals surface area (Å²) in [5.41, 5.74) is 1.11. The molecule has 9 nitrogen and oxygen atoms in total. The first-order valence-corrected chi connectivity index (χ1v) is 10.9. The molecule has 4 rings (SSSR count). The number of hydrogen-bond acceptors (Lipinski definition) is 5. The van der Waals surface area contributed by atoms with E-state index >= 15 is 0 Å². The number of sulfone groups is 1. The number of benzene rings is 2. The Bertz CT molecular complexity index is 1430. The van der Waals surface area contributed by atoms with Gasteiger partial charge in [0.25, 0.3) is 5.91 Å². The number of aromatic nitrogens is 1. The molecule has 3 aromatic rings. The molecule has 0 saturated heterocycles. The Morgan fingerprint density at radius 2 is 1.81 bits per heavy atom. The van der Waals surface area contributed by atoms with Gasteiger partial charge in [-0.1, -0.05) is 12.1 Å². The molecule has 0 saturated carbocycles. The third-order valence-corrected chi connectivity index (χ3v) is 6.68. The molecule has 10 heteroatoms. The van der Waals surface area contributed by atoms with Crippen LogP contribution in [0.5, 0.6) is 0 Å². The number of carbonyl (C=O) groups excluding carboxylic acids is 1. The number of amides is 1. The van der Waals surface area contributed by atoms with Crippen molar-refractivity contribution in [3.05, 3.63) is 99.9 Å². The second kappa shape index (κ2) is 8.16. The van der Waals surface area contributed by atoms with E-state index in [1.54, 1.807) is 24.3 Å². The molecule has 160 valence electrons.